The Morgan fingerprint density at radius 1 is 0.208 bits per heavy atom. The quantitative estimate of drug-likeness (QED) is 0.182. The molecule has 0 unspecified atom stereocenters. The Balaban J connectivity index is 1.38. The third-order valence-electron chi connectivity index (χ3n) is 9.66. The molecular weight excluding hydrogens is 577 g/mol. The maximum atomic E-state index is 2.36. The average Bonchev–Trinajstić information content (AvgIpc) is 3.17. The molecule has 0 heteroatoms. The molecule has 0 N–H and O–H groups in total. The summed E-state index contributed by atoms with van der Waals surface area (Å²) >= 11 is 0. The van der Waals surface area contributed by atoms with E-state index < -0.39 is 0 Å². The molecule has 0 aliphatic rings. The number of hydrogen-bond acceptors (Lipinski definition) is 0. The highest BCUT2D eigenvalue weighted by molar-refractivity contribution is 6.17. The lowest BCUT2D eigenvalue weighted by Crippen LogP contribution is -1.92. The predicted octanol–water partition coefficient (Wildman–Crippen LogP) is 13.5. The molecule has 0 aliphatic heterocycles. The molecule has 9 aromatic carbocycles. The summed E-state index contributed by atoms with van der Waals surface area (Å²) in [5.74, 6) is 0. The molecule has 0 aromatic heterocycles. The van der Waals surface area contributed by atoms with Crippen LogP contribution in [0.2, 0.25) is 0 Å². The zero-order chi connectivity index (χ0) is 31.9. The van der Waals surface area contributed by atoms with E-state index in [2.05, 4.69) is 194 Å². The van der Waals surface area contributed by atoms with Gasteiger partial charge in [0.15, 0.2) is 0 Å². The van der Waals surface area contributed by atoms with Crippen LogP contribution in [0.25, 0.3) is 88.0 Å². The number of fused-ring (bicyclic) bond motifs is 3. The topological polar surface area (TPSA) is 0 Å². The summed E-state index contributed by atoms with van der Waals surface area (Å²) in [5, 5.41) is 7.54. The van der Waals surface area contributed by atoms with Gasteiger partial charge in [-0.25, -0.2) is 0 Å². The first-order valence-corrected chi connectivity index (χ1v) is 16.6. The Kier molecular flexibility index (Phi) is 6.91. The molecule has 9 aromatic rings. The van der Waals surface area contributed by atoms with Crippen molar-refractivity contribution < 1.29 is 0 Å². The highest BCUT2D eigenvalue weighted by Crippen LogP contribution is 2.45. The molecule has 0 fully saturated rings. The fourth-order valence-electron chi connectivity index (χ4n) is 7.41. The second-order valence-electron chi connectivity index (χ2n) is 12.5. The van der Waals surface area contributed by atoms with Crippen molar-refractivity contribution in [2.45, 2.75) is 0 Å². The molecule has 0 amide bonds. The van der Waals surface area contributed by atoms with Gasteiger partial charge in [0.25, 0.3) is 0 Å². The molecule has 0 saturated carbocycles. The van der Waals surface area contributed by atoms with E-state index in [1.807, 2.05) is 0 Å². The van der Waals surface area contributed by atoms with Gasteiger partial charge in [-0.15, -0.1) is 0 Å². The summed E-state index contributed by atoms with van der Waals surface area (Å²) in [6, 6.07) is 70.8. The molecule has 0 nitrogen and oxygen atoms in total. The minimum absolute atomic E-state index is 1.21. The Bertz CT molecular complexity index is 2440. The first-order chi connectivity index (χ1) is 23.8. The van der Waals surface area contributed by atoms with E-state index in [4.69, 9.17) is 0 Å². The number of benzene rings is 9. The molecule has 9 rings (SSSR count). The van der Waals surface area contributed by atoms with Crippen LogP contribution in [-0.4, -0.2) is 0 Å². The SMILES string of the molecule is c1ccc(-c2cc(-c3ccccc3)cc(-c3ccc(-c4cccc5ccccc45)c4c(-c5cccc6ccccc56)cccc34)c2)cc1. The third-order valence-corrected chi connectivity index (χ3v) is 9.66. The van der Waals surface area contributed by atoms with Crippen LogP contribution in [0.4, 0.5) is 0 Å². The predicted molar refractivity (Wildman–Crippen MR) is 206 cm³/mol. The molecular formula is C48H32. The smallest absolute Gasteiger partial charge is 0.00201 e. The molecule has 0 atom stereocenters. The zero-order valence-electron chi connectivity index (χ0n) is 26.5. The van der Waals surface area contributed by atoms with Crippen LogP contribution in [0.1, 0.15) is 0 Å². The van der Waals surface area contributed by atoms with Crippen LogP contribution in [0.3, 0.4) is 0 Å². The first-order valence-electron chi connectivity index (χ1n) is 16.6. The van der Waals surface area contributed by atoms with Crippen molar-refractivity contribution in [3.8, 4) is 55.6 Å². The van der Waals surface area contributed by atoms with Gasteiger partial charge in [-0.2, -0.15) is 0 Å². The van der Waals surface area contributed by atoms with E-state index in [-0.39, 0.29) is 0 Å². The fourth-order valence-corrected chi connectivity index (χ4v) is 7.41. The van der Waals surface area contributed by atoms with E-state index in [1.54, 1.807) is 0 Å². The monoisotopic (exact) mass is 608 g/mol. The Morgan fingerprint density at radius 3 is 1.19 bits per heavy atom. The van der Waals surface area contributed by atoms with Gasteiger partial charge in [-0.1, -0.05) is 176 Å². The van der Waals surface area contributed by atoms with Crippen molar-refractivity contribution in [1.82, 2.24) is 0 Å². The van der Waals surface area contributed by atoms with Crippen molar-refractivity contribution in [2.75, 3.05) is 0 Å². The van der Waals surface area contributed by atoms with Crippen molar-refractivity contribution >= 4 is 32.3 Å². The summed E-state index contributed by atoms with van der Waals surface area (Å²) in [5.41, 5.74) is 12.3. The Morgan fingerprint density at radius 2 is 0.604 bits per heavy atom. The lowest BCUT2D eigenvalue weighted by atomic mass is 9.84. The van der Waals surface area contributed by atoms with E-state index in [9.17, 15) is 0 Å². The normalized spacial score (nSPS) is 11.3. The van der Waals surface area contributed by atoms with Gasteiger partial charge in [0.2, 0.25) is 0 Å². The summed E-state index contributed by atoms with van der Waals surface area (Å²) in [7, 11) is 0. The van der Waals surface area contributed by atoms with E-state index >= 15 is 0 Å². The van der Waals surface area contributed by atoms with E-state index in [1.165, 1.54) is 88.0 Å². The van der Waals surface area contributed by atoms with Crippen molar-refractivity contribution in [1.29, 1.82) is 0 Å². The molecule has 0 aliphatic carbocycles. The molecule has 0 saturated heterocycles. The summed E-state index contributed by atoms with van der Waals surface area (Å²) in [6.45, 7) is 0. The lowest BCUT2D eigenvalue weighted by Gasteiger charge is -2.19. The second kappa shape index (κ2) is 11.8. The van der Waals surface area contributed by atoms with Crippen molar-refractivity contribution in [2.24, 2.45) is 0 Å². The molecule has 224 valence electrons. The average molecular weight is 609 g/mol. The maximum Gasteiger partial charge on any atom is -0.00201 e. The largest absolute Gasteiger partial charge is 0.0622 e. The van der Waals surface area contributed by atoms with E-state index in [0.717, 1.165) is 0 Å². The van der Waals surface area contributed by atoms with E-state index in [0.29, 0.717) is 0 Å². The zero-order valence-corrected chi connectivity index (χ0v) is 26.5. The minimum Gasteiger partial charge on any atom is -0.0622 e. The maximum absolute atomic E-state index is 2.36. The van der Waals surface area contributed by atoms with Crippen LogP contribution in [0.5, 0.6) is 0 Å². The molecule has 48 heavy (non-hydrogen) atoms. The first kappa shape index (κ1) is 28.0. The van der Waals surface area contributed by atoms with Gasteiger partial charge < -0.3 is 0 Å². The molecule has 0 heterocycles. The van der Waals surface area contributed by atoms with Crippen LogP contribution in [0, 0.1) is 0 Å². The van der Waals surface area contributed by atoms with Gasteiger partial charge in [0.1, 0.15) is 0 Å². The van der Waals surface area contributed by atoms with Crippen molar-refractivity contribution in [3.63, 3.8) is 0 Å². The molecule has 0 radical (unpaired) electrons. The second-order valence-corrected chi connectivity index (χ2v) is 12.5. The van der Waals surface area contributed by atoms with Gasteiger partial charge >= 0.3 is 0 Å². The summed E-state index contributed by atoms with van der Waals surface area (Å²) < 4.78 is 0. The Hall–Kier alpha value is -6.24. The van der Waals surface area contributed by atoms with Crippen LogP contribution in [0.15, 0.2) is 194 Å². The van der Waals surface area contributed by atoms with Gasteiger partial charge in [0, 0.05) is 0 Å². The molecule has 0 spiro atoms. The van der Waals surface area contributed by atoms with Gasteiger partial charge in [0.05, 0.1) is 0 Å². The fraction of sp³-hybridized carbons (Fsp3) is 0. The van der Waals surface area contributed by atoms with Crippen LogP contribution in [-0.2, 0) is 0 Å². The van der Waals surface area contributed by atoms with Gasteiger partial charge in [-0.05, 0) is 106 Å². The third kappa shape index (κ3) is 4.87. The minimum atomic E-state index is 1.21. The van der Waals surface area contributed by atoms with Crippen molar-refractivity contribution in [3.05, 3.63) is 194 Å². The summed E-state index contributed by atoms with van der Waals surface area (Å²) in [6.07, 6.45) is 0. The van der Waals surface area contributed by atoms with Crippen LogP contribution >= 0.6 is 0 Å². The number of hydrogen-bond donors (Lipinski definition) is 0. The Labute approximate surface area is 281 Å². The number of rotatable bonds is 5. The molecule has 0 bridgehead atoms. The standard InChI is InChI=1S/C48H32/c1-3-14-33(15-4-1)37-30-38(34-16-5-2-6-17-34)32-39(31-37)42-28-29-47(44-25-12-21-36-19-8-10-23-41(36)44)48-45(42)26-13-27-46(48)43-24-11-20-35-18-7-9-22-40(35)43/h1-32H. The highest BCUT2D eigenvalue weighted by Gasteiger charge is 2.18. The van der Waals surface area contributed by atoms with Crippen LogP contribution < -0.4 is 0 Å². The highest BCUT2D eigenvalue weighted by atomic mass is 14.2. The lowest BCUT2D eigenvalue weighted by molar-refractivity contribution is 1.57. The van der Waals surface area contributed by atoms with Gasteiger partial charge in [-0.3, -0.25) is 0 Å². The summed E-state index contributed by atoms with van der Waals surface area (Å²) in [4.78, 5) is 0.